The lowest BCUT2D eigenvalue weighted by atomic mass is 10.0. The minimum Gasteiger partial charge on any atom is -0.504 e. The van der Waals surface area contributed by atoms with Crippen molar-refractivity contribution in [3.05, 3.63) is 76.8 Å². The molecule has 0 aliphatic heterocycles. The number of aromatic hydroxyl groups is 1. The number of carbonyl (C=O) groups is 1. The standard InChI is InChI=1S/C19H17ClO3/c1-3-4-15-11-13(12-18(23-2)19(15)22)5-10-17(21)14-6-8-16(20)9-7-14/h3,5-12,22H,1,4H2,2H3/b10-5+. The van der Waals surface area contributed by atoms with Gasteiger partial charge in [0.25, 0.3) is 0 Å². The van der Waals surface area contributed by atoms with Gasteiger partial charge in [0, 0.05) is 16.1 Å². The predicted molar refractivity (Wildman–Crippen MR) is 93.4 cm³/mol. The average Bonchev–Trinajstić information content (AvgIpc) is 2.56. The zero-order chi connectivity index (χ0) is 16.8. The molecule has 1 N–H and O–H groups in total. The number of ether oxygens (including phenoxy) is 1. The number of carbonyl (C=O) groups excluding carboxylic acids is 1. The quantitative estimate of drug-likeness (QED) is 0.476. The number of allylic oxidation sites excluding steroid dienone is 2. The molecule has 0 aromatic heterocycles. The van der Waals surface area contributed by atoms with Crippen molar-refractivity contribution in [1.82, 2.24) is 0 Å². The van der Waals surface area contributed by atoms with Crippen molar-refractivity contribution < 1.29 is 14.6 Å². The molecule has 0 saturated carbocycles. The largest absolute Gasteiger partial charge is 0.504 e. The molecule has 2 rings (SSSR count). The van der Waals surface area contributed by atoms with E-state index >= 15 is 0 Å². The van der Waals surface area contributed by atoms with Crippen LogP contribution in [0.4, 0.5) is 0 Å². The molecular formula is C19H17ClO3. The zero-order valence-corrected chi connectivity index (χ0v) is 13.5. The maximum Gasteiger partial charge on any atom is 0.185 e. The molecule has 0 bridgehead atoms. The Morgan fingerprint density at radius 2 is 2.00 bits per heavy atom. The number of hydrogen-bond donors (Lipinski definition) is 1. The van der Waals surface area contributed by atoms with Crippen LogP contribution in [0.2, 0.25) is 5.02 Å². The third kappa shape index (κ3) is 4.24. The molecular weight excluding hydrogens is 312 g/mol. The number of phenols is 1. The molecule has 0 fully saturated rings. The highest BCUT2D eigenvalue weighted by Gasteiger charge is 2.09. The first-order valence-electron chi connectivity index (χ1n) is 7.04. The van der Waals surface area contributed by atoms with Gasteiger partial charge in [-0.05, 0) is 54.5 Å². The number of methoxy groups -OCH3 is 1. The summed E-state index contributed by atoms with van der Waals surface area (Å²) in [5.41, 5.74) is 2.01. The van der Waals surface area contributed by atoms with Crippen molar-refractivity contribution in [3.63, 3.8) is 0 Å². The molecule has 3 nitrogen and oxygen atoms in total. The first-order valence-corrected chi connectivity index (χ1v) is 7.41. The molecule has 4 heteroatoms. The van der Waals surface area contributed by atoms with Crippen LogP contribution in [0.25, 0.3) is 6.08 Å². The Labute approximate surface area is 140 Å². The Morgan fingerprint density at radius 1 is 1.30 bits per heavy atom. The lowest BCUT2D eigenvalue weighted by molar-refractivity contribution is 0.104. The van der Waals surface area contributed by atoms with Crippen LogP contribution in [-0.4, -0.2) is 18.0 Å². The van der Waals surface area contributed by atoms with Gasteiger partial charge in [0.1, 0.15) is 0 Å². The second-order valence-electron chi connectivity index (χ2n) is 4.93. The minimum atomic E-state index is -0.126. The van der Waals surface area contributed by atoms with Gasteiger partial charge in [0.05, 0.1) is 7.11 Å². The SMILES string of the molecule is C=CCc1cc(/C=C/C(=O)c2ccc(Cl)cc2)cc(OC)c1O. The van der Waals surface area contributed by atoms with Crippen molar-refractivity contribution >= 4 is 23.5 Å². The maximum absolute atomic E-state index is 12.1. The second kappa shape index (κ2) is 7.65. The molecule has 118 valence electrons. The normalized spacial score (nSPS) is 10.7. The zero-order valence-electron chi connectivity index (χ0n) is 12.8. The molecule has 0 unspecified atom stereocenters. The molecule has 0 heterocycles. The van der Waals surface area contributed by atoms with Crippen LogP contribution in [0, 0.1) is 0 Å². The van der Waals surface area contributed by atoms with Crippen molar-refractivity contribution in [2.75, 3.05) is 7.11 Å². The van der Waals surface area contributed by atoms with E-state index in [1.165, 1.54) is 13.2 Å². The van der Waals surface area contributed by atoms with Gasteiger partial charge in [-0.2, -0.15) is 0 Å². The highest BCUT2D eigenvalue weighted by atomic mass is 35.5. The smallest absolute Gasteiger partial charge is 0.185 e. The van der Waals surface area contributed by atoms with E-state index in [0.717, 1.165) is 5.56 Å². The molecule has 0 amide bonds. The van der Waals surface area contributed by atoms with Gasteiger partial charge in [-0.25, -0.2) is 0 Å². The molecule has 0 atom stereocenters. The van der Waals surface area contributed by atoms with E-state index in [0.29, 0.717) is 28.3 Å². The van der Waals surface area contributed by atoms with Gasteiger partial charge in [0.2, 0.25) is 0 Å². The molecule has 0 radical (unpaired) electrons. The summed E-state index contributed by atoms with van der Waals surface area (Å²) in [5.74, 6) is 0.329. The van der Waals surface area contributed by atoms with Gasteiger partial charge < -0.3 is 9.84 Å². The fourth-order valence-corrected chi connectivity index (χ4v) is 2.26. The van der Waals surface area contributed by atoms with Crippen LogP contribution >= 0.6 is 11.6 Å². The number of benzene rings is 2. The molecule has 2 aromatic rings. The highest BCUT2D eigenvalue weighted by molar-refractivity contribution is 6.30. The van der Waals surface area contributed by atoms with E-state index in [1.807, 2.05) is 0 Å². The van der Waals surface area contributed by atoms with E-state index in [4.69, 9.17) is 16.3 Å². The third-order valence-electron chi connectivity index (χ3n) is 3.32. The fraction of sp³-hybridized carbons (Fsp3) is 0.105. The number of hydrogen-bond acceptors (Lipinski definition) is 3. The predicted octanol–water partition coefficient (Wildman–Crippen LogP) is 4.68. The Balaban J connectivity index is 2.27. The van der Waals surface area contributed by atoms with E-state index in [1.54, 1.807) is 48.6 Å². The summed E-state index contributed by atoms with van der Waals surface area (Å²) in [5, 5.41) is 10.6. The van der Waals surface area contributed by atoms with E-state index < -0.39 is 0 Å². The van der Waals surface area contributed by atoms with E-state index in [9.17, 15) is 9.90 Å². The Hall–Kier alpha value is -2.52. The lowest BCUT2D eigenvalue weighted by Gasteiger charge is -2.09. The van der Waals surface area contributed by atoms with Crippen LogP contribution in [-0.2, 0) is 6.42 Å². The molecule has 0 saturated heterocycles. The van der Waals surface area contributed by atoms with Gasteiger partial charge in [-0.3, -0.25) is 4.79 Å². The molecule has 0 spiro atoms. The molecule has 2 aromatic carbocycles. The topological polar surface area (TPSA) is 46.5 Å². The molecule has 23 heavy (non-hydrogen) atoms. The number of rotatable bonds is 6. The van der Waals surface area contributed by atoms with Gasteiger partial charge in [0.15, 0.2) is 17.3 Å². The Morgan fingerprint density at radius 3 is 2.61 bits per heavy atom. The van der Waals surface area contributed by atoms with Gasteiger partial charge >= 0.3 is 0 Å². The Kier molecular flexibility index (Phi) is 5.61. The van der Waals surface area contributed by atoms with Crippen LogP contribution < -0.4 is 4.74 Å². The number of ketones is 1. The molecule has 0 aliphatic carbocycles. The van der Waals surface area contributed by atoms with Crippen LogP contribution in [0.15, 0.2) is 55.1 Å². The number of phenolic OH excluding ortho intramolecular Hbond substituents is 1. The Bertz CT molecular complexity index is 746. The minimum absolute atomic E-state index is 0.0913. The van der Waals surface area contributed by atoms with E-state index in [-0.39, 0.29) is 11.5 Å². The van der Waals surface area contributed by atoms with Crippen LogP contribution in [0.3, 0.4) is 0 Å². The summed E-state index contributed by atoms with van der Waals surface area (Å²) in [4.78, 5) is 12.1. The van der Waals surface area contributed by atoms with Crippen LogP contribution in [0.5, 0.6) is 11.5 Å². The monoisotopic (exact) mass is 328 g/mol. The summed E-state index contributed by atoms with van der Waals surface area (Å²) in [6.45, 7) is 3.67. The first-order chi connectivity index (χ1) is 11.0. The summed E-state index contributed by atoms with van der Waals surface area (Å²) in [6.07, 6.45) is 5.37. The van der Waals surface area contributed by atoms with E-state index in [2.05, 4.69) is 6.58 Å². The van der Waals surface area contributed by atoms with Crippen molar-refractivity contribution in [3.8, 4) is 11.5 Å². The van der Waals surface area contributed by atoms with Crippen molar-refractivity contribution in [2.24, 2.45) is 0 Å². The van der Waals surface area contributed by atoms with Crippen molar-refractivity contribution in [1.29, 1.82) is 0 Å². The molecule has 0 aliphatic rings. The maximum atomic E-state index is 12.1. The lowest BCUT2D eigenvalue weighted by Crippen LogP contribution is -1.94. The highest BCUT2D eigenvalue weighted by Crippen LogP contribution is 2.32. The van der Waals surface area contributed by atoms with Gasteiger partial charge in [-0.15, -0.1) is 6.58 Å². The van der Waals surface area contributed by atoms with Crippen molar-refractivity contribution in [2.45, 2.75) is 6.42 Å². The summed E-state index contributed by atoms with van der Waals surface area (Å²) >= 11 is 5.81. The van der Waals surface area contributed by atoms with Gasteiger partial charge in [-0.1, -0.05) is 23.8 Å². The fourth-order valence-electron chi connectivity index (χ4n) is 2.13. The number of halogens is 1. The summed E-state index contributed by atoms with van der Waals surface area (Å²) in [7, 11) is 1.49. The second-order valence-corrected chi connectivity index (χ2v) is 5.36. The first kappa shape index (κ1) is 16.8. The summed E-state index contributed by atoms with van der Waals surface area (Å²) < 4.78 is 5.16. The summed E-state index contributed by atoms with van der Waals surface area (Å²) in [6, 6.07) is 10.2. The van der Waals surface area contributed by atoms with Crippen LogP contribution in [0.1, 0.15) is 21.5 Å². The average molecular weight is 329 g/mol. The third-order valence-corrected chi connectivity index (χ3v) is 3.57.